The van der Waals surface area contributed by atoms with Gasteiger partial charge in [0.2, 0.25) is 0 Å². The van der Waals surface area contributed by atoms with Gasteiger partial charge in [-0.1, -0.05) is 12.1 Å². The molecule has 1 aromatic carbocycles. The van der Waals surface area contributed by atoms with Gasteiger partial charge in [0.25, 0.3) is 5.91 Å². The Bertz CT molecular complexity index is 361. The fourth-order valence-corrected chi connectivity index (χ4v) is 1.03. The van der Waals surface area contributed by atoms with E-state index < -0.39 is 11.5 Å². The second-order valence-corrected chi connectivity index (χ2v) is 3.63. The van der Waals surface area contributed by atoms with E-state index >= 15 is 0 Å². The van der Waals surface area contributed by atoms with E-state index in [2.05, 4.69) is 0 Å². The molecule has 2 N–H and O–H groups in total. The first-order valence-electron chi connectivity index (χ1n) is 4.59. The van der Waals surface area contributed by atoms with E-state index in [4.69, 9.17) is 15.2 Å². The van der Waals surface area contributed by atoms with Crippen LogP contribution in [0.15, 0.2) is 24.3 Å². The van der Waals surface area contributed by atoms with Crippen LogP contribution in [-0.2, 0) is 4.79 Å². The van der Waals surface area contributed by atoms with Gasteiger partial charge in [-0.2, -0.15) is 0 Å². The van der Waals surface area contributed by atoms with Gasteiger partial charge in [0.1, 0.15) is 0 Å². The smallest absolute Gasteiger partial charge is 0.261 e. The van der Waals surface area contributed by atoms with E-state index in [-0.39, 0.29) is 0 Å². The second kappa shape index (κ2) is 4.21. The molecule has 0 aliphatic heterocycles. The Labute approximate surface area is 89.0 Å². The second-order valence-electron chi connectivity index (χ2n) is 3.63. The highest BCUT2D eigenvalue weighted by Gasteiger charge is 2.28. The van der Waals surface area contributed by atoms with Crippen LogP contribution < -0.4 is 15.2 Å². The Morgan fingerprint density at radius 3 is 2.27 bits per heavy atom. The topological polar surface area (TPSA) is 61.6 Å². The predicted octanol–water partition coefficient (Wildman–Crippen LogP) is 1.34. The summed E-state index contributed by atoms with van der Waals surface area (Å²) < 4.78 is 10.6. The van der Waals surface area contributed by atoms with Crippen LogP contribution >= 0.6 is 0 Å². The Hall–Kier alpha value is -1.71. The van der Waals surface area contributed by atoms with Crippen LogP contribution in [0.3, 0.4) is 0 Å². The zero-order valence-electron chi connectivity index (χ0n) is 9.11. The number of hydrogen-bond acceptors (Lipinski definition) is 3. The van der Waals surface area contributed by atoms with E-state index in [1.807, 2.05) is 6.07 Å². The summed E-state index contributed by atoms with van der Waals surface area (Å²) in [5.74, 6) is 0.559. The van der Waals surface area contributed by atoms with Crippen molar-refractivity contribution >= 4 is 5.91 Å². The molecule has 0 fully saturated rings. The number of rotatable bonds is 4. The number of carbonyl (C=O) groups excluding carboxylic acids is 1. The van der Waals surface area contributed by atoms with Crippen molar-refractivity contribution in [2.75, 3.05) is 7.11 Å². The van der Waals surface area contributed by atoms with Crippen LogP contribution in [0.5, 0.6) is 11.5 Å². The normalized spacial score (nSPS) is 10.9. The molecule has 0 saturated carbocycles. The van der Waals surface area contributed by atoms with E-state index in [1.165, 1.54) is 0 Å². The van der Waals surface area contributed by atoms with Crippen molar-refractivity contribution in [2.45, 2.75) is 19.4 Å². The molecular formula is C11H15NO3. The first-order chi connectivity index (χ1) is 6.97. The number of nitrogens with two attached hydrogens (primary N) is 1. The van der Waals surface area contributed by atoms with Gasteiger partial charge in [0.05, 0.1) is 7.11 Å². The Morgan fingerprint density at radius 1 is 1.27 bits per heavy atom. The fraction of sp³-hybridized carbons (Fsp3) is 0.364. The molecule has 0 aromatic heterocycles. The summed E-state index contributed by atoms with van der Waals surface area (Å²) >= 11 is 0. The maximum Gasteiger partial charge on any atom is 0.261 e. The summed E-state index contributed by atoms with van der Waals surface area (Å²) in [6.07, 6.45) is 0. The summed E-state index contributed by atoms with van der Waals surface area (Å²) in [5.41, 5.74) is 4.16. The van der Waals surface area contributed by atoms with Crippen molar-refractivity contribution in [3.05, 3.63) is 24.3 Å². The largest absolute Gasteiger partial charge is 0.493 e. The number of carbonyl (C=O) groups is 1. The van der Waals surface area contributed by atoms with Crippen LogP contribution in [-0.4, -0.2) is 18.6 Å². The molecule has 0 aliphatic carbocycles. The van der Waals surface area contributed by atoms with Gasteiger partial charge in [-0.25, -0.2) is 0 Å². The van der Waals surface area contributed by atoms with E-state index in [0.29, 0.717) is 11.5 Å². The lowest BCUT2D eigenvalue weighted by atomic mass is 10.1. The minimum absolute atomic E-state index is 0.504. The van der Waals surface area contributed by atoms with Crippen molar-refractivity contribution in [1.29, 1.82) is 0 Å². The molecule has 0 radical (unpaired) electrons. The third kappa shape index (κ3) is 2.62. The molecule has 0 heterocycles. The van der Waals surface area contributed by atoms with Gasteiger partial charge in [0, 0.05) is 0 Å². The molecule has 4 nitrogen and oxygen atoms in total. The summed E-state index contributed by atoms with van der Waals surface area (Å²) in [5, 5.41) is 0. The van der Waals surface area contributed by atoms with E-state index in [9.17, 15) is 4.79 Å². The predicted molar refractivity (Wildman–Crippen MR) is 56.9 cm³/mol. The average molecular weight is 209 g/mol. The van der Waals surface area contributed by atoms with E-state index in [0.717, 1.165) is 0 Å². The number of para-hydroxylation sites is 2. The zero-order valence-corrected chi connectivity index (χ0v) is 9.11. The molecule has 0 atom stereocenters. The zero-order chi connectivity index (χ0) is 11.5. The first-order valence-corrected chi connectivity index (χ1v) is 4.59. The number of methoxy groups -OCH3 is 1. The summed E-state index contributed by atoms with van der Waals surface area (Å²) in [6, 6.07) is 7.10. The molecule has 1 aromatic rings. The molecule has 4 heteroatoms. The Kier molecular flexibility index (Phi) is 3.19. The number of amides is 1. The Morgan fingerprint density at radius 2 is 1.80 bits per heavy atom. The molecule has 0 aliphatic rings. The number of benzene rings is 1. The van der Waals surface area contributed by atoms with Gasteiger partial charge in [-0.3, -0.25) is 4.79 Å². The van der Waals surface area contributed by atoms with Crippen LogP contribution in [0.2, 0.25) is 0 Å². The third-order valence-corrected chi connectivity index (χ3v) is 2.03. The quantitative estimate of drug-likeness (QED) is 0.813. The maximum absolute atomic E-state index is 11.1. The highest BCUT2D eigenvalue weighted by Crippen LogP contribution is 2.29. The van der Waals surface area contributed by atoms with Gasteiger partial charge < -0.3 is 15.2 Å². The van der Waals surface area contributed by atoms with Crippen molar-refractivity contribution in [3.8, 4) is 11.5 Å². The minimum Gasteiger partial charge on any atom is -0.493 e. The molecule has 0 bridgehead atoms. The molecular weight excluding hydrogens is 194 g/mol. The SMILES string of the molecule is COc1ccccc1OC(C)(C)C(N)=O. The minimum atomic E-state index is -1.05. The molecule has 1 rings (SSSR count). The summed E-state index contributed by atoms with van der Waals surface area (Å²) in [4.78, 5) is 11.1. The highest BCUT2D eigenvalue weighted by atomic mass is 16.5. The standard InChI is InChI=1S/C11H15NO3/c1-11(2,10(12)13)15-9-7-5-4-6-8(9)14-3/h4-7H,1-3H3,(H2,12,13). The lowest BCUT2D eigenvalue weighted by Crippen LogP contribution is -2.43. The van der Waals surface area contributed by atoms with Crippen LogP contribution in [0.25, 0.3) is 0 Å². The summed E-state index contributed by atoms with van der Waals surface area (Å²) in [6.45, 7) is 3.23. The van der Waals surface area contributed by atoms with Crippen molar-refractivity contribution in [2.24, 2.45) is 5.73 Å². The van der Waals surface area contributed by atoms with Gasteiger partial charge in [0.15, 0.2) is 17.1 Å². The highest BCUT2D eigenvalue weighted by molar-refractivity contribution is 5.83. The Balaban J connectivity index is 2.94. The van der Waals surface area contributed by atoms with Crippen molar-refractivity contribution in [1.82, 2.24) is 0 Å². The van der Waals surface area contributed by atoms with Crippen LogP contribution in [0.1, 0.15) is 13.8 Å². The number of primary amides is 1. The van der Waals surface area contributed by atoms with Gasteiger partial charge >= 0.3 is 0 Å². The molecule has 0 spiro atoms. The number of hydrogen-bond donors (Lipinski definition) is 1. The monoisotopic (exact) mass is 209 g/mol. The van der Waals surface area contributed by atoms with Crippen molar-refractivity contribution < 1.29 is 14.3 Å². The molecule has 15 heavy (non-hydrogen) atoms. The molecule has 0 unspecified atom stereocenters. The first kappa shape index (κ1) is 11.4. The average Bonchev–Trinajstić information content (AvgIpc) is 2.18. The third-order valence-electron chi connectivity index (χ3n) is 2.03. The molecule has 82 valence electrons. The van der Waals surface area contributed by atoms with E-state index in [1.54, 1.807) is 39.2 Å². The molecule has 1 amide bonds. The van der Waals surface area contributed by atoms with Crippen LogP contribution in [0, 0.1) is 0 Å². The number of ether oxygens (including phenoxy) is 2. The molecule has 0 saturated heterocycles. The maximum atomic E-state index is 11.1. The van der Waals surface area contributed by atoms with Gasteiger partial charge in [-0.05, 0) is 26.0 Å². The van der Waals surface area contributed by atoms with Crippen molar-refractivity contribution in [3.63, 3.8) is 0 Å². The fourth-order valence-electron chi connectivity index (χ4n) is 1.03. The van der Waals surface area contributed by atoms with Gasteiger partial charge in [-0.15, -0.1) is 0 Å². The lowest BCUT2D eigenvalue weighted by Gasteiger charge is -2.23. The lowest BCUT2D eigenvalue weighted by molar-refractivity contribution is -0.130. The van der Waals surface area contributed by atoms with Crippen LogP contribution in [0.4, 0.5) is 0 Å². The summed E-state index contributed by atoms with van der Waals surface area (Å²) in [7, 11) is 1.54.